The first-order chi connectivity index (χ1) is 16.9. The molecule has 2 amide bonds. The molecule has 0 atom stereocenters. The smallest absolute Gasteiger partial charge is 0.335 e. The minimum absolute atomic E-state index is 0.179. The second kappa shape index (κ2) is 9.02. The number of nitrogens with one attached hydrogen (secondary N) is 1. The topological polar surface area (TPSA) is 104 Å². The molecule has 176 valence electrons. The predicted octanol–water partition coefficient (Wildman–Crippen LogP) is 3.30. The fourth-order valence-electron chi connectivity index (χ4n) is 4.14. The van der Waals surface area contributed by atoms with Crippen LogP contribution in [0.5, 0.6) is 0 Å². The van der Waals surface area contributed by atoms with Crippen LogP contribution in [0.3, 0.4) is 0 Å². The van der Waals surface area contributed by atoms with Crippen molar-refractivity contribution in [2.75, 3.05) is 6.54 Å². The molecule has 0 spiro atoms. The summed E-state index contributed by atoms with van der Waals surface area (Å²) in [5, 5.41) is 11.8. The summed E-state index contributed by atoms with van der Waals surface area (Å²) in [5.41, 5.74) is 3.98. The Bertz CT molecular complexity index is 1460. The van der Waals surface area contributed by atoms with E-state index in [0.29, 0.717) is 30.7 Å². The molecule has 1 aliphatic rings. The molecule has 0 unspecified atom stereocenters. The average Bonchev–Trinajstić information content (AvgIpc) is 3.30. The molecule has 35 heavy (non-hydrogen) atoms. The second-order valence-electron chi connectivity index (χ2n) is 8.38. The van der Waals surface area contributed by atoms with Crippen molar-refractivity contribution >= 4 is 23.4 Å². The van der Waals surface area contributed by atoms with E-state index in [9.17, 15) is 18.8 Å². The van der Waals surface area contributed by atoms with Gasteiger partial charge in [-0.25, -0.2) is 14.2 Å². The number of imidazole rings is 1. The number of carboxylic acid groups (broad SMARTS) is 1. The van der Waals surface area contributed by atoms with Crippen molar-refractivity contribution in [3.8, 4) is 0 Å². The van der Waals surface area contributed by atoms with E-state index in [1.165, 1.54) is 24.3 Å². The number of aromatic nitrogens is 2. The van der Waals surface area contributed by atoms with Gasteiger partial charge in [-0.05, 0) is 59.5 Å². The molecular formula is C26H21FN4O4. The zero-order chi connectivity index (χ0) is 24.5. The van der Waals surface area contributed by atoms with E-state index in [2.05, 4.69) is 10.3 Å². The van der Waals surface area contributed by atoms with Gasteiger partial charge in [0.25, 0.3) is 11.8 Å². The number of nitrogens with zero attached hydrogens (tertiary/aromatic N) is 3. The molecule has 3 heterocycles. The largest absolute Gasteiger partial charge is 0.478 e. The number of rotatable bonds is 5. The Morgan fingerprint density at radius 1 is 0.971 bits per heavy atom. The van der Waals surface area contributed by atoms with Gasteiger partial charge in [0.1, 0.15) is 17.2 Å². The Morgan fingerprint density at radius 2 is 1.74 bits per heavy atom. The fraction of sp³-hybridized carbons (Fsp3) is 0.154. The number of carbonyl (C=O) groups is 3. The normalized spacial score (nSPS) is 12.9. The van der Waals surface area contributed by atoms with E-state index in [0.717, 1.165) is 16.7 Å². The summed E-state index contributed by atoms with van der Waals surface area (Å²) in [6.07, 6.45) is 3.78. The molecule has 0 saturated carbocycles. The highest BCUT2D eigenvalue weighted by atomic mass is 19.1. The van der Waals surface area contributed by atoms with Crippen LogP contribution >= 0.6 is 0 Å². The first-order valence-electron chi connectivity index (χ1n) is 11.0. The summed E-state index contributed by atoms with van der Waals surface area (Å²) in [4.78, 5) is 42.7. The van der Waals surface area contributed by atoms with Crippen LogP contribution in [0, 0.1) is 5.82 Å². The highest BCUT2D eigenvalue weighted by Crippen LogP contribution is 2.21. The Morgan fingerprint density at radius 3 is 2.51 bits per heavy atom. The third-order valence-corrected chi connectivity index (χ3v) is 6.05. The molecule has 2 N–H and O–H groups in total. The zero-order valence-electron chi connectivity index (χ0n) is 18.6. The summed E-state index contributed by atoms with van der Waals surface area (Å²) < 4.78 is 15.1. The number of fused-ring (bicyclic) bond motifs is 2. The lowest BCUT2D eigenvalue weighted by molar-refractivity contribution is 0.0694. The van der Waals surface area contributed by atoms with Crippen LogP contribution in [0.1, 0.15) is 47.9 Å². The molecule has 0 radical (unpaired) electrons. The minimum Gasteiger partial charge on any atom is -0.478 e. The van der Waals surface area contributed by atoms with Crippen molar-refractivity contribution < 1.29 is 23.9 Å². The van der Waals surface area contributed by atoms with E-state index in [1.54, 1.807) is 52.0 Å². The lowest BCUT2D eigenvalue weighted by Gasteiger charge is -2.28. The summed E-state index contributed by atoms with van der Waals surface area (Å²) in [7, 11) is 0. The van der Waals surface area contributed by atoms with Crippen LogP contribution in [0.15, 0.2) is 67.0 Å². The van der Waals surface area contributed by atoms with Crippen LogP contribution in [0.4, 0.5) is 4.39 Å². The number of hydrogen-bond acceptors (Lipinski definition) is 4. The molecule has 5 rings (SSSR count). The molecule has 0 bridgehead atoms. The van der Waals surface area contributed by atoms with Crippen molar-refractivity contribution in [1.82, 2.24) is 19.6 Å². The lowest BCUT2D eigenvalue weighted by atomic mass is 9.99. The molecular weight excluding hydrogens is 451 g/mol. The molecule has 9 heteroatoms. The first-order valence-corrected chi connectivity index (χ1v) is 11.0. The van der Waals surface area contributed by atoms with Gasteiger partial charge in [-0.1, -0.05) is 18.2 Å². The predicted molar refractivity (Wildman–Crippen MR) is 125 cm³/mol. The summed E-state index contributed by atoms with van der Waals surface area (Å²) in [5.74, 6) is -1.82. The van der Waals surface area contributed by atoms with Crippen molar-refractivity contribution in [3.63, 3.8) is 0 Å². The highest BCUT2D eigenvalue weighted by Gasteiger charge is 2.24. The van der Waals surface area contributed by atoms with E-state index < -0.39 is 5.97 Å². The van der Waals surface area contributed by atoms with Gasteiger partial charge in [0, 0.05) is 32.0 Å². The van der Waals surface area contributed by atoms with E-state index in [4.69, 9.17) is 5.11 Å². The van der Waals surface area contributed by atoms with Gasteiger partial charge in [-0.2, -0.15) is 0 Å². The van der Waals surface area contributed by atoms with Gasteiger partial charge in [0.2, 0.25) is 0 Å². The number of carboxylic acids is 1. The standard InChI is InChI=1S/C26H21FN4O4/c27-21-7-5-19-13-30(10-9-18(19)11-21)25(33)22-15-31-14-20(6-8-23(31)29-22)24(32)28-12-16-1-3-17(4-2-16)26(34)35/h1-8,11,14-15H,9-10,12-13H2,(H,28,32)(H,34,35). The van der Waals surface area contributed by atoms with Crippen molar-refractivity contribution in [1.29, 1.82) is 0 Å². The zero-order valence-corrected chi connectivity index (χ0v) is 18.6. The molecule has 0 fully saturated rings. The van der Waals surface area contributed by atoms with Crippen molar-refractivity contribution in [3.05, 3.63) is 106 Å². The lowest BCUT2D eigenvalue weighted by Crippen LogP contribution is -2.36. The summed E-state index contributed by atoms with van der Waals surface area (Å²) in [6, 6.07) is 14.2. The van der Waals surface area contributed by atoms with E-state index in [1.807, 2.05) is 0 Å². The highest BCUT2D eigenvalue weighted by molar-refractivity contribution is 5.95. The Hall–Kier alpha value is -4.53. The van der Waals surface area contributed by atoms with Gasteiger partial charge in [-0.15, -0.1) is 0 Å². The molecule has 4 aromatic rings. The first kappa shape index (κ1) is 22.3. The molecule has 1 aliphatic heterocycles. The maximum atomic E-state index is 13.5. The SMILES string of the molecule is O=C(O)c1ccc(CNC(=O)c2ccc3nc(C(=O)N4CCc5cc(F)ccc5C4)cn3c2)cc1. The average molecular weight is 472 g/mol. The molecule has 0 aliphatic carbocycles. The number of halogens is 1. The number of hydrogen-bond donors (Lipinski definition) is 2. The quantitative estimate of drug-likeness (QED) is 0.464. The van der Waals surface area contributed by atoms with Crippen molar-refractivity contribution in [2.24, 2.45) is 0 Å². The van der Waals surface area contributed by atoms with Crippen molar-refractivity contribution in [2.45, 2.75) is 19.5 Å². The Balaban J connectivity index is 1.27. The third-order valence-electron chi connectivity index (χ3n) is 6.05. The summed E-state index contributed by atoms with van der Waals surface area (Å²) >= 11 is 0. The molecule has 2 aromatic heterocycles. The van der Waals surface area contributed by atoms with E-state index >= 15 is 0 Å². The number of carbonyl (C=O) groups excluding carboxylic acids is 2. The molecule has 8 nitrogen and oxygen atoms in total. The van der Waals surface area contributed by atoms with Gasteiger partial charge in [-0.3, -0.25) is 9.59 Å². The van der Waals surface area contributed by atoms with Gasteiger partial charge >= 0.3 is 5.97 Å². The molecule has 0 saturated heterocycles. The number of amides is 2. The maximum absolute atomic E-state index is 13.5. The maximum Gasteiger partial charge on any atom is 0.335 e. The van der Waals surface area contributed by atoms with Crippen LogP contribution in [-0.4, -0.2) is 43.7 Å². The monoisotopic (exact) mass is 472 g/mol. The second-order valence-corrected chi connectivity index (χ2v) is 8.38. The summed E-state index contributed by atoms with van der Waals surface area (Å²) in [6.45, 7) is 1.11. The fourth-order valence-corrected chi connectivity index (χ4v) is 4.14. The minimum atomic E-state index is -1.01. The number of benzene rings is 2. The van der Waals surface area contributed by atoms with Crippen LogP contribution < -0.4 is 5.32 Å². The Labute approximate surface area is 199 Å². The number of pyridine rings is 1. The molecule has 2 aromatic carbocycles. The van der Waals surface area contributed by atoms with Crippen LogP contribution in [0.2, 0.25) is 0 Å². The van der Waals surface area contributed by atoms with Gasteiger partial charge in [0.05, 0.1) is 11.1 Å². The Kier molecular flexibility index (Phi) is 5.74. The van der Waals surface area contributed by atoms with Crippen LogP contribution in [0.25, 0.3) is 5.65 Å². The van der Waals surface area contributed by atoms with Gasteiger partial charge in [0.15, 0.2) is 0 Å². The van der Waals surface area contributed by atoms with E-state index in [-0.39, 0.29) is 35.4 Å². The third kappa shape index (κ3) is 4.61. The van der Waals surface area contributed by atoms with Crippen LogP contribution in [-0.2, 0) is 19.5 Å². The number of aromatic carboxylic acids is 1. The van der Waals surface area contributed by atoms with Gasteiger partial charge < -0.3 is 19.7 Å².